The Bertz CT molecular complexity index is 245. The molecule has 0 saturated heterocycles. The van der Waals surface area contributed by atoms with E-state index in [0.29, 0.717) is 12.8 Å². The van der Waals surface area contributed by atoms with Gasteiger partial charge in [-0.25, -0.2) is 0 Å². The molecule has 17 heavy (non-hydrogen) atoms. The lowest BCUT2D eigenvalue weighted by Crippen LogP contribution is -2.46. The van der Waals surface area contributed by atoms with E-state index >= 15 is 0 Å². The van der Waals surface area contributed by atoms with Gasteiger partial charge in [0.15, 0.2) is 11.6 Å². The highest BCUT2D eigenvalue weighted by Crippen LogP contribution is 2.17. The summed E-state index contributed by atoms with van der Waals surface area (Å²) in [6.45, 7) is 0. The molecular weight excluding hydrogens is 220 g/mol. The van der Waals surface area contributed by atoms with Gasteiger partial charge in [-0.3, -0.25) is 9.59 Å². The number of aliphatic hydroxyl groups is 2. The topological polar surface area (TPSA) is 74.6 Å². The first-order chi connectivity index (χ1) is 8.05. The summed E-state index contributed by atoms with van der Waals surface area (Å²) in [5.74, 6) is -4.24. The summed E-state index contributed by atoms with van der Waals surface area (Å²) in [5, 5.41) is 19.0. The van der Waals surface area contributed by atoms with Gasteiger partial charge in [0.05, 0.1) is 0 Å². The molecule has 0 unspecified atom stereocenters. The average Bonchev–Trinajstić information content (AvgIpc) is 2.30. The van der Waals surface area contributed by atoms with E-state index in [0.717, 1.165) is 38.5 Å². The van der Waals surface area contributed by atoms with Gasteiger partial charge in [-0.2, -0.15) is 0 Å². The van der Waals surface area contributed by atoms with Crippen molar-refractivity contribution < 1.29 is 19.8 Å². The smallest absolute Gasteiger partial charge is 0.285 e. The van der Waals surface area contributed by atoms with Gasteiger partial charge < -0.3 is 10.2 Å². The zero-order chi connectivity index (χ0) is 12.7. The highest BCUT2D eigenvalue weighted by atomic mass is 16.5. The maximum absolute atomic E-state index is 11.5. The SMILES string of the molecule is O=C1CCCCCCCCCCC(=O)C1(O)O. The monoisotopic (exact) mass is 242 g/mol. The molecule has 4 heteroatoms. The molecule has 0 amide bonds. The van der Waals surface area contributed by atoms with Gasteiger partial charge in [-0.1, -0.05) is 38.5 Å². The molecule has 0 aromatic heterocycles. The maximum atomic E-state index is 11.5. The first-order valence-electron chi connectivity index (χ1n) is 6.56. The van der Waals surface area contributed by atoms with Crippen LogP contribution >= 0.6 is 0 Å². The third kappa shape index (κ3) is 4.56. The second-order valence-corrected chi connectivity index (χ2v) is 4.85. The van der Waals surface area contributed by atoms with Crippen molar-refractivity contribution in [3.8, 4) is 0 Å². The van der Waals surface area contributed by atoms with Crippen LogP contribution in [0.3, 0.4) is 0 Å². The van der Waals surface area contributed by atoms with Gasteiger partial charge in [0.1, 0.15) is 0 Å². The summed E-state index contributed by atoms with van der Waals surface area (Å²) in [4.78, 5) is 23.1. The van der Waals surface area contributed by atoms with Crippen molar-refractivity contribution in [2.75, 3.05) is 0 Å². The molecule has 0 atom stereocenters. The molecule has 98 valence electrons. The largest absolute Gasteiger partial charge is 0.354 e. The zero-order valence-corrected chi connectivity index (χ0v) is 10.3. The van der Waals surface area contributed by atoms with Crippen molar-refractivity contribution >= 4 is 11.6 Å². The fourth-order valence-corrected chi connectivity index (χ4v) is 2.14. The van der Waals surface area contributed by atoms with Crippen molar-refractivity contribution in [3.63, 3.8) is 0 Å². The maximum Gasteiger partial charge on any atom is 0.285 e. The van der Waals surface area contributed by atoms with E-state index in [1.165, 1.54) is 0 Å². The van der Waals surface area contributed by atoms with Crippen LogP contribution in [0.1, 0.15) is 64.2 Å². The van der Waals surface area contributed by atoms with Crippen molar-refractivity contribution in [1.82, 2.24) is 0 Å². The van der Waals surface area contributed by atoms with Crippen LogP contribution in [-0.4, -0.2) is 27.6 Å². The summed E-state index contributed by atoms with van der Waals surface area (Å²) in [7, 11) is 0. The molecule has 0 aromatic rings. The molecular formula is C13H22O4. The van der Waals surface area contributed by atoms with E-state index in [9.17, 15) is 19.8 Å². The Morgan fingerprint density at radius 2 is 0.941 bits per heavy atom. The number of Topliss-reactive ketones (excluding diaryl/α,β-unsaturated/α-hetero) is 2. The second-order valence-electron chi connectivity index (χ2n) is 4.85. The zero-order valence-electron chi connectivity index (χ0n) is 10.3. The third-order valence-electron chi connectivity index (χ3n) is 3.34. The number of hydrogen-bond acceptors (Lipinski definition) is 4. The van der Waals surface area contributed by atoms with Gasteiger partial charge in [-0.15, -0.1) is 0 Å². The summed E-state index contributed by atoms with van der Waals surface area (Å²) >= 11 is 0. The van der Waals surface area contributed by atoms with E-state index < -0.39 is 17.4 Å². The lowest BCUT2D eigenvalue weighted by atomic mass is 9.98. The van der Waals surface area contributed by atoms with E-state index in [-0.39, 0.29) is 12.8 Å². The Balaban J connectivity index is 2.57. The summed E-state index contributed by atoms with van der Waals surface area (Å²) in [6.07, 6.45) is 7.72. The molecule has 0 aliphatic heterocycles. The molecule has 1 rings (SSSR count). The fraction of sp³-hybridized carbons (Fsp3) is 0.846. The van der Waals surface area contributed by atoms with Crippen LogP contribution in [0.2, 0.25) is 0 Å². The minimum absolute atomic E-state index is 0.0821. The number of hydrogen-bond donors (Lipinski definition) is 2. The van der Waals surface area contributed by atoms with Crippen molar-refractivity contribution in [3.05, 3.63) is 0 Å². The van der Waals surface area contributed by atoms with Gasteiger partial charge in [0.2, 0.25) is 0 Å². The Labute approximate surface area is 102 Å². The molecule has 0 aromatic carbocycles. The molecule has 1 saturated carbocycles. The number of carbonyl (C=O) groups is 2. The van der Waals surface area contributed by atoms with Gasteiger partial charge in [0, 0.05) is 12.8 Å². The Hall–Kier alpha value is -0.740. The highest BCUT2D eigenvalue weighted by molar-refractivity contribution is 6.07. The van der Waals surface area contributed by atoms with E-state index in [1.54, 1.807) is 0 Å². The summed E-state index contributed by atoms with van der Waals surface area (Å²) in [6, 6.07) is 0. The first-order valence-corrected chi connectivity index (χ1v) is 6.56. The predicted molar refractivity (Wildman–Crippen MR) is 63.4 cm³/mol. The van der Waals surface area contributed by atoms with Gasteiger partial charge in [0.25, 0.3) is 5.79 Å². The van der Waals surface area contributed by atoms with Crippen LogP contribution in [0.4, 0.5) is 0 Å². The molecule has 0 bridgehead atoms. The van der Waals surface area contributed by atoms with Crippen LogP contribution in [0.25, 0.3) is 0 Å². The quantitative estimate of drug-likeness (QED) is 0.501. The number of rotatable bonds is 0. The van der Waals surface area contributed by atoms with Crippen LogP contribution in [0, 0.1) is 0 Å². The lowest BCUT2D eigenvalue weighted by Gasteiger charge is -2.18. The van der Waals surface area contributed by atoms with Gasteiger partial charge >= 0.3 is 0 Å². The molecule has 2 N–H and O–H groups in total. The molecule has 1 aliphatic rings. The first kappa shape index (κ1) is 14.3. The molecule has 0 heterocycles. The van der Waals surface area contributed by atoms with E-state index in [1.807, 2.05) is 0 Å². The normalized spacial score (nSPS) is 24.6. The van der Waals surface area contributed by atoms with Crippen LogP contribution in [-0.2, 0) is 9.59 Å². The van der Waals surface area contributed by atoms with Crippen molar-refractivity contribution in [2.24, 2.45) is 0 Å². The molecule has 1 aliphatic carbocycles. The predicted octanol–water partition coefficient (Wildman–Crippen LogP) is 1.72. The Kier molecular flexibility index (Phi) is 5.78. The van der Waals surface area contributed by atoms with Crippen LogP contribution in [0.15, 0.2) is 0 Å². The number of ketones is 2. The molecule has 1 fully saturated rings. The average molecular weight is 242 g/mol. The van der Waals surface area contributed by atoms with Crippen molar-refractivity contribution in [2.45, 2.75) is 70.0 Å². The molecule has 0 radical (unpaired) electrons. The Morgan fingerprint density at radius 3 is 1.29 bits per heavy atom. The minimum atomic E-state index is -2.74. The standard InChI is InChI=1S/C13H22O4/c14-11-9-7-5-3-1-2-4-6-8-10-12(15)13(11,16)17/h16-17H,1-10H2. The minimum Gasteiger partial charge on any atom is -0.354 e. The van der Waals surface area contributed by atoms with Crippen molar-refractivity contribution in [1.29, 1.82) is 0 Å². The second kappa shape index (κ2) is 6.87. The highest BCUT2D eigenvalue weighted by Gasteiger charge is 2.39. The lowest BCUT2D eigenvalue weighted by molar-refractivity contribution is -0.189. The molecule has 4 nitrogen and oxygen atoms in total. The van der Waals surface area contributed by atoms with E-state index in [2.05, 4.69) is 0 Å². The van der Waals surface area contributed by atoms with Crippen LogP contribution in [0.5, 0.6) is 0 Å². The third-order valence-corrected chi connectivity index (χ3v) is 3.34. The fourth-order valence-electron chi connectivity index (χ4n) is 2.14. The molecule has 0 spiro atoms. The van der Waals surface area contributed by atoms with Crippen LogP contribution < -0.4 is 0 Å². The van der Waals surface area contributed by atoms with Gasteiger partial charge in [-0.05, 0) is 12.8 Å². The Morgan fingerprint density at radius 1 is 0.647 bits per heavy atom. The number of carbonyl (C=O) groups excluding carboxylic acids is 2. The summed E-state index contributed by atoms with van der Waals surface area (Å²) < 4.78 is 0. The van der Waals surface area contributed by atoms with E-state index in [4.69, 9.17) is 0 Å². The summed E-state index contributed by atoms with van der Waals surface area (Å²) in [5.41, 5.74) is 0.